The van der Waals surface area contributed by atoms with Gasteiger partial charge in [0, 0.05) is 49.4 Å². The lowest BCUT2D eigenvalue weighted by atomic mass is 9.48. The van der Waals surface area contributed by atoms with Gasteiger partial charge in [-0.15, -0.1) is 0 Å². The van der Waals surface area contributed by atoms with Crippen molar-refractivity contribution in [3.63, 3.8) is 0 Å². The second-order valence-electron chi connectivity index (χ2n) is 19.3. The summed E-state index contributed by atoms with van der Waals surface area (Å²) < 4.78 is 13.7. The van der Waals surface area contributed by atoms with Crippen LogP contribution in [0.3, 0.4) is 0 Å². The number of nitrogens with zero attached hydrogens (tertiary/aromatic N) is 3. The zero-order valence-corrected chi connectivity index (χ0v) is 36.5. The van der Waals surface area contributed by atoms with Crippen molar-refractivity contribution in [2.45, 2.75) is 43.9 Å². The summed E-state index contributed by atoms with van der Waals surface area (Å²) in [5.74, 6) is 4.61. The molecule has 66 heavy (non-hydrogen) atoms. The van der Waals surface area contributed by atoms with E-state index >= 15 is 0 Å². The Morgan fingerprint density at radius 3 is 1.42 bits per heavy atom. The van der Waals surface area contributed by atoms with Gasteiger partial charge in [-0.1, -0.05) is 158 Å². The summed E-state index contributed by atoms with van der Waals surface area (Å²) in [6, 6.07) is 64.2. The summed E-state index contributed by atoms with van der Waals surface area (Å²) in [4.78, 5) is 15.3. The van der Waals surface area contributed by atoms with Crippen molar-refractivity contribution in [3.8, 4) is 67.5 Å². The van der Waals surface area contributed by atoms with E-state index in [4.69, 9.17) is 23.8 Å². The van der Waals surface area contributed by atoms with Gasteiger partial charge in [0.05, 0.1) is 0 Å². The number of para-hydroxylation sites is 2. The third-order valence-electron chi connectivity index (χ3n) is 15.3. The summed E-state index contributed by atoms with van der Waals surface area (Å²) >= 11 is 0. The summed E-state index contributed by atoms with van der Waals surface area (Å²) in [6.07, 6.45) is 8.54. The van der Waals surface area contributed by atoms with Crippen molar-refractivity contribution in [2.24, 2.45) is 17.8 Å². The van der Waals surface area contributed by atoms with Crippen LogP contribution in [0, 0.1) is 17.8 Å². The Bertz CT molecular complexity index is 3640. The molecule has 0 N–H and O–H groups in total. The smallest absolute Gasteiger partial charge is 0.164 e. The van der Waals surface area contributed by atoms with Crippen molar-refractivity contribution in [1.82, 2.24) is 15.0 Å². The molecule has 8 aromatic carbocycles. The summed E-state index contributed by atoms with van der Waals surface area (Å²) in [5.41, 5.74) is 14.6. The van der Waals surface area contributed by atoms with E-state index in [0.29, 0.717) is 22.9 Å². The van der Waals surface area contributed by atoms with E-state index in [1.54, 1.807) is 5.56 Å². The molecule has 0 amide bonds. The van der Waals surface area contributed by atoms with Crippen LogP contribution in [0.2, 0.25) is 0 Å². The van der Waals surface area contributed by atoms with Crippen molar-refractivity contribution in [2.75, 3.05) is 0 Å². The number of furan rings is 2. The molecule has 4 aliphatic rings. The van der Waals surface area contributed by atoms with Crippen LogP contribution >= 0.6 is 0 Å². The molecule has 316 valence electrons. The first-order chi connectivity index (χ1) is 32.6. The number of hydrogen-bond acceptors (Lipinski definition) is 5. The van der Waals surface area contributed by atoms with Crippen LogP contribution in [0.4, 0.5) is 0 Å². The van der Waals surface area contributed by atoms with E-state index in [-0.39, 0.29) is 0 Å². The highest BCUT2D eigenvalue weighted by molar-refractivity contribution is 6.13. The molecule has 0 radical (unpaired) electrons. The fourth-order valence-electron chi connectivity index (χ4n) is 12.7. The summed E-state index contributed by atoms with van der Waals surface area (Å²) in [7, 11) is 0. The van der Waals surface area contributed by atoms with Gasteiger partial charge in [0.25, 0.3) is 0 Å². The van der Waals surface area contributed by atoms with E-state index in [2.05, 4.69) is 140 Å². The zero-order chi connectivity index (χ0) is 43.3. The second kappa shape index (κ2) is 14.7. The van der Waals surface area contributed by atoms with Gasteiger partial charge in [-0.3, -0.25) is 0 Å². The topological polar surface area (TPSA) is 65.0 Å². The Balaban J connectivity index is 0.830. The third kappa shape index (κ3) is 6.10. The van der Waals surface area contributed by atoms with Crippen molar-refractivity contribution < 1.29 is 8.83 Å². The van der Waals surface area contributed by atoms with Gasteiger partial charge >= 0.3 is 0 Å². The number of fused-ring (bicyclic) bond motifs is 6. The van der Waals surface area contributed by atoms with E-state index < -0.39 is 0 Å². The molecule has 0 unspecified atom stereocenters. The molecule has 15 rings (SSSR count). The molecule has 5 nitrogen and oxygen atoms in total. The highest BCUT2D eigenvalue weighted by Crippen LogP contribution is 2.61. The summed E-state index contributed by atoms with van der Waals surface area (Å²) in [5, 5.41) is 4.33. The minimum atomic E-state index is 0.390. The fraction of sp³-hybridized carbons (Fsp3) is 0.164. The highest BCUT2D eigenvalue weighted by atomic mass is 16.3. The predicted molar refractivity (Wildman–Crippen MR) is 267 cm³/mol. The lowest BCUT2D eigenvalue weighted by molar-refractivity contribution is -0.00518. The molecule has 3 heterocycles. The number of benzene rings is 8. The molecule has 5 heteroatoms. The molecule has 4 fully saturated rings. The van der Waals surface area contributed by atoms with Crippen LogP contribution < -0.4 is 0 Å². The average molecular weight is 852 g/mol. The predicted octanol–water partition coefficient (Wildman–Crippen LogP) is 16.1. The van der Waals surface area contributed by atoms with Crippen LogP contribution in [0.25, 0.3) is 111 Å². The maximum Gasteiger partial charge on any atom is 0.164 e. The SMILES string of the molecule is c1ccc(-c2nc(-c3ccc4c(c3)oc3c(-c5ccc6c(c5)oc5c(-c7ccc(C89CC%10CC(CC(C%10)C8)C9)cc7)cccc56)cccc34)nc(-c3ccccc3-c3ccccc3)n2)cc1. The van der Waals surface area contributed by atoms with Gasteiger partial charge in [-0.25, -0.2) is 15.0 Å². The van der Waals surface area contributed by atoms with Crippen LogP contribution in [0.15, 0.2) is 191 Å². The van der Waals surface area contributed by atoms with E-state index in [1.165, 1.54) is 44.1 Å². The Morgan fingerprint density at radius 1 is 0.348 bits per heavy atom. The van der Waals surface area contributed by atoms with Gasteiger partial charge in [0.1, 0.15) is 22.3 Å². The lowest BCUT2D eigenvalue weighted by Gasteiger charge is -2.57. The standard InChI is InChI=1S/C61H45N3O2/c1-3-11-40(12-4-1)46-15-7-8-16-53(46)60-63-58(42-13-5-2-6-14-42)62-59(64-60)44-24-28-50-52-20-10-18-48(57(52)66-55(50)33-44)43-23-27-49-51-19-9-17-47(56(51)65-54(49)32-43)41-21-25-45(26-22-41)61-34-37-29-38(35-61)31-39(30-37)36-61/h1-28,32-33,37-39H,29-31,34-36H2. The quantitative estimate of drug-likeness (QED) is 0.160. The number of hydrogen-bond donors (Lipinski definition) is 0. The van der Waals surface area contributed by atoms with E-state index in [0.717, 1.165) is 106 Å². The van der Waals surface area contributed by atoms with Gasteiger partial charge in [0.15, 0.2) is 17.5 Å². The molecule has 4 aliphatic carbocycles. The molecule has 0 aliphatic heterocycles. The molecule has 11 aromatic rings. The maximum absolute atomic E-state index is 6.84. The number of aromatic nitrogens is 3. The average Bonchev–Trinajstić information content (AvgIpc) is 3.94. The molecular formula is C61H45N3O2. The van der Waals surface area contributed by atoms with Gasteiger partial charge in [-0.05, 0) is 114 Å². The van der Waals surface area contributed by atoms with Crippen molar-refractivity contribution in [3.05, 3.63) is 188 Å². The molecule has 0 atom stereocenters. The fourth-order valence-corrected chi connectivity index (χ4v) is 12.7. The van der Waals surface area contributed by atoms with Crippen molar-refractivity contribution >= 4 is 43.9 Å². The molecule has 4 saturated carbocycles. The highest BCUT2D eigenvalue weighted by Gasteiger charge is 2.51. The normalized spacial score (nSPS) is 20.0. The minimum Gasteiger partial charge on any atom is -0.455 e. The third-order valence-corrected chi connectivity index (χ3v) is 15.3. The first-order valence-electron chi connectivity index (χ1n) is 23.6. The van der Waals surface area contributed by atoms with Crippen LogP contribution in [-0.2, 0) is 5.41 Å². The Kier molecular flexibility index (Phi) is 8.40. The van der Waals surface area contributed by atoms with Gasteiger partial charge in [-0.2, -0.15) is 0 Å². The molecule has 0 spiro atoms. The first kappa shape index (κ1) is 37.7. The Labute approximate surface area is 382 Å². The molecule has 3 aromatic heterocycles. The van der Waals surface area contributed by atoms with Crippen LogP contribution in [-0.4, -0.2) is 15.0 Å². The first-order valence-corrected chi connectivity index (χ1v) is 23.6. The van der Waals surface area contributed by atoms with Crippen LogP contribution in [0.1, 0.15) is 44.1 Å². The molecule has 0 saturated heterocycles. The molecular weight excluding hydrogens is 807 g/mol. The maximum atomic E-state index is 6.84. The van der Waals surface area contributed by atoms with Crippen LogP contribution in [0.5, 0.6) is 0 Å². The Hall–Kier alpha value is -7.63. The summed E-state index contributed by atoms with van der Waals surface area (Å²) in [6.45, 7) is 0. The second-order valence-corrected chi connectivity index (χ2v) is 19.3. The van der Waals surface area contributed by atoms with Gasteiger partial charge < -0.3 is 8.83 Å². The minimum absolute atomic E-state index is 0.390. The largest absolute Gasteiger partial charge is 0.455 e. The monoisotopic (exact) mass is 851 g/mol. The lowest BCUT2D eigenvalue weighted by Crippen LogP contribution is -2.48. The van der Waals surface area contributed by atoms with Crippen molar-refractivity contribution in [1.29, 1.82) is 0 Å². The number of rotatable bonds is 7. The van der Waals surface area contributed by atoms with Gasteiger partial charge in [0.2, 0.25) is 0 Å². The van der Waals surface area contributed by atoms with E-state index in [9.17, 15) is 0 Å². The Morgan fingerprint density at radius 2 is 0.803 bits per heavy atom. The zero-order valence-electron chi connectivity index (χ0n) is 36.5. The molecule has 4 bridgehead atoms. The van der Waals surface area contributed by atoms with E-state index in [1.807, 2.05) is 42.5 Å².